The zero-order valence-electron chi connectivity index (χ0n) is 15.2. The van der Waals surface area contributed by atoms with E-state index in [1.54, 1.807) is 12.1 Å². The molecule has 0 heterocycles. The summed E-state index contributed by atoms with van der Waals surface area (Å²) < 4.78 is 54.0. The Bertz CT molecular complexity index is 1000. The molecule has 0 aliphatic heterocycles. The maximum absolute atomic E-state index is 13.5. The molecule has 1 atom stereocenters. The van der Waals surface area contributed by atoms with Crippen LogP contribution in [0, 0.1) is 11.6 Å². The topological polar surface area (TPSA) is 104 Å². The molecule has 0 saturated heterocycles. The Morgan fingerprint density at radius 2 is 1.72 bits per heavy atom. The van der Waals surface area contributed by atoms with Gasteiger partial charge in [-0.3, -0.25) is 9.59 Å². The van der Waals surface area contributed by atoms with Gasteiger partial charge in [0.2, 0.25) is 21.8 Å². The molecule has 0 bridgehead atoms. The van der Waals surface area contributed by atoms with Gasteiger partial charge in [0.1, 0.15) is 6.04 Å². The molecule has 2 aromatic rings. The number of hydrogen-bond acceptors (Lipinski definition) is 4. The molecule has 2 amide bonds. The first-order valence-electron chi connectivity index (χ1n) is 8.35. The van der Waals surface area contributed by atoms with Gasteiger partial charge in [-0.25, -0.2) is 21.9 Å². The summed E-state index contributed by atoms with van der Waals surface area (Å²) >= 11 is 3.21. The normalized spacial score (nSPS) is 12.3. The second kappa shape index (κ2) is 9.90. The van der Waals surface area contributed by atoms with Crippen LogP contribution < -0.4 is 15.4 Å². The Balaban J connectivity index is 2.00. The highest BCUT2D eigenvalue weighted by atomic mass is 79.9. The largest absolute Gasteiger partial charge is 0.357 e. The molecule has 7 nitrogen and oxygen atoms in total. The first-order chi connectivity index (χ1) is 13.6. The number of hydrogen-bond donors (Lipinski definition) is 3. The molecule has 0 fully saturated rings. The molecule has 0 radical (unpaired) electrons. The van der Waals surface area contributed by atoms with Crippen molar-refractivity contribution in [1.82, 2.24) is 15.4 Å². The van der Waals surface area contributed by atoms with Gasteiger partial charge < -0.3 is 10.6 Å². The number of likely N-dealkylation sites (N-methyl/N-ethyl adjacent to an activating group) is 1. The third-order valence-electron chi connectivity index (χ3n) is 3.86. The van der Waals surface area contributed by atoms with Gasteiger partial charge in [-0.1, -0.05) is 22.0 Å². The number of carbonyl (C=O) groups excluding carboxylic acids is 2. The number of sulfonamides is 1. The van der Waals surface area contributed by atoms with Crippen molar-refractivity contribution in [3.8, 4) is 0 Å². The van der Waals surface area contributed by atoms with Crippen molar-refractivity contribution in [3.05, 3.63) is 64.1 Å². The zero-order chi connectivity index (χ0) is 21.6. The number of benzene rings is 2. The lowest BCUT2D eigenvalue weighted by Crippen LogP contribution is -2.40. The molecule has 1 unspecified atom stereocenters. The summed E-state index contributed by atoms with van der Waals surface area (Å²) in [6.07, 6.45) is -0.271. The fourth-order valence-electron chi connectivity index (χ4n) is 2.37. The highest BCUT2D eigenvalue weighted by Gasteiger charge is 2.23. The Kier molecular flexibility index (Phi) is 7.82. The standard InChI is InChI=1S/C18H18BrF2N3O4S/c1-22-18(26)17(11-2-7-14(20)15(21)10-11)24-16(25)8-9-23-29(27,28)13-5-3-12(19)4-6-13/h2-7,10,17,23H,8-9H2,1H3,(H,22,26)(H,24,25). The molecular weight excluding hydrogens is 472 g/mol. The van der Waals surface area contributed by atoms with E-state index < -0.39 is 39.5 Å². The van der Waals surface area contributed by atoms with Crippen molar-refractivity contribution >= 4 is 37.8 Å². The van der Waals surface area contributed by atoms with E-state index in [-0.39, 0.29) is 23.4 Å². The van der Waals surface area contributed by atoms with Crippen molar-refractivity contribution in [2.24, 2.45) is 0 Å². The molecule has 2 aromatic carbocycles. The smallest absolute Gasteiger partial charge is 0.246 e. The molecule has 0 aliphatic rings. The predicted molar refractivity (Wildman–Crippen MR) is 105 cm³/mol. The lowest BCUT2D eigenvalue weighted by atomic mass is 10.1. The SMILES string of the molecule is CNC(=O)C(NC(=O)CCNS(=O)(=O)c1ccc(Br)cc1)c1ccc(F)c(F)c1. The third kappa shape index (κ3) is 6.31. The first kappa shape index (κ1) is 22.9. The summed E-state index contributed by atoms with van der Waals surface area (Å²) in [5.41, 5.74) is 0.0482. The average molecular weight is 490 g/mol. The van der Waals surface area contributed by atoms with Crippen molar-refractivity contribution in [2.45, 2.75) is 17.4 Å². The molecule has 11 heteroatoms. The molecular formula is C18H18BrF2N3O4S. The highest BCUT2D eigenvalue weighted by molar-refractivity contribution is 9.10. The number of amides is 2. The van der Waals surface area contributed by atoms with E-state index in [4.69, 9.17) is 0 Å². The zero-order valence-corrected chi connectivity index (χ0v) is 17.6. The van der Waals surface area contributed by atoms with Crippen LogP contribution in [0.5, 0.6) is 0 Å². The van der Waals surface area contributed by atoms with Crippen LogP contribution in [-0.4, -0.2) is 33.8 Å². The van der Waals surface area contributed by atoms with Crippen LogP contribution in [0.1, 0.15) is 18.0 Å². The highest BCUT2D eigenvalue weighted by Crippen LogP contribution is 2.17. The lowest BCUT2D eigenvalue weighted by molar-refractivity contribution is -0.128. The van der Waals surface area contributed by atoms with Crippen LogP contribution >= 0.6 is 15.9 Å². The van der Waals surface area contributed by atoms with Crippen molar-refractivity contribution in [2.75, 3.05) is 13.6 Å². The summed E-state index contributed by atoms with van der Waals surface area (Å²) in [6.45, 7) is -0.220. The van der Waals surface area contributed by atoms with Gasteiger partial charge >= 0.3 is 0 Å². The van der Waals surface area contributed by atoms with Gasteiger partial charge in [-0.2, -0.15) is 0 Å². The molecule has 0 spiro atoms. The monoisotopic (exact) mass is 489 g/mol. The minimum Gasteiger partial charge on any atom is -0.357 e. The summed E-state index contributed by atoms with van der Waals surface area (Å²) in [5, 5.41) is 4.71. The van der Waals surface area contributed by atoms with Gasteiger partial charge in [-0.05, 0) is 42.0 Å². The fraction of sp³-hybridized carbons (Fsp3) is 0.222. The predicted octanol–water partition coefficient (Wildman–Crippen LogP) is 2.00. The Morgan fingerprint density at radius 1 is 1.07 bits per heavy atom. The van der Waals surface area contributed by atoms with Gasteiger partial charge in [-0.15, -0.1) is 0 Å². The van der Waals surface area contributed by atoms with E-state index in [1.807, 2.05) is 0 Å². The summed E-state index contributed by atoms with van der Waals surface area (Å²) in [7, 11) is -2.48. The van der Waals surface area contributed by atoms with E-state index in [9.17, 15) is 26.8 Å². The number of rotatable bonds is 8. The van der Waals surface area contributed by atoms with E-state index in [0.717, 1.165) is 12.1 Å². The first-order valence-corrected chi connectivity index (χ1v) is 10.6. The number of halogens is 3. The van der Waals surface area contributed by atoms with E-state index in [0.29, 0.717) is 4.47 Å². The molecule has 0 saturated carbocycles. The minimum absolute atomic E-state index is 0.0335. The van der Waals surface area contributed by atoms with Crippen LogP contribution in [0.15, 0.2) is 51.8 Å². The molecule has 0 aliphatic carbocycles. The maximum Gasteiger partial charge on any atom is 0.246 e. The maximum atomic E-state index is 13.5. The van der Waals surface area contributed by atoms with Crippen molar-refractivity contribution in [1.29, 1.82) is 0 Å². The van der Waals surface area contributed by atoms with Crippen LogP contribution in [0.4, 0.5) is 8.78 Å². The van der Waals surface area contributed by atoms with Gasteiger partial charge in [0, 0.05) is 24.5 Å². The Labute approximate surface area is 175 Å². The third-order valence-corrected chi connectivity index (χ3v) is 5.86. The minimum atomic E-state index is -3.81. The van der Waals surface area contributed by atoms with Crippen LogP contribution in [0.25, 0.3) is 0 Å². The van der Waals surface area contributed by atoms with Crippen LogP contribution in [-0.2, 0) is 19.6 Å². The van der Waals surface area contributed by atoms with E-state index in [1.165, 1.54) is 25.2 Å². The van der Waals surface area contributed by atoms with E-state index in [2.05, 4.69) is 31.3 Å². The summed E-state index contributed by atoms with van der Waals surface area (Å²) in [6, 6.07) is 7.51. The van der Waals surface area contributed by atoms with Crippen LogP contribution in [0.3, 0.4) is 0 Å². The molecule has 3 N–H and O–H groups in total. The number of nitrogens with one attached hydrogen (secondary N) is 3. The fourth-order valence-corrected chi connectivity index (χ4v) is 3.66. The quantitative estimate of drug-likeness (QED) is 0.527. The molecule has 2 rings (SSSR count). The second-order valence-electron chi connectivity index (χ2n) is 5.89. The van der Waals surface area contributed by atoms with Gasteiger partial charge in [0.05, 0.1) is 4.90 Å². The van der Waals surface area contributed by atoms with Crippen molar-refractivity contribution < 1.29 is 26.8 Å². The summed E-state index contributed by atoms with van der Waals surface area (Å²) in [5.74, 6) is -3.53. The number of carbonyl (C=O) groups is 2. The Hall–Kier alpha value is -2.37. The van der Waals surface area contributed by atoms with Gasteiger partial charge in [0.15, 0.2) is 11.6 Å². The molecule has 0 aromatic heterocycles. The molecule has 29 heavy (non-hydrogen) atoms. The average Bonchev–Trinajstić information content (AvgIpc) is 2.68. The lowest BCUT2D eigenvalue weighted by Gasteiger charge is -2.18. The second-order valence-corrected chi connectivity index (χ2v) is 8.57. The van der Waals surface area contributed by atoms with Crippen molar-refractivity contribution in [3.63, 3.8) is 0 Å². The van der Waals surface area contributed by atoms with Gasteiger partial charge in [0.25, 0.3) is 0 Å². The summed E-state index contributed by atoms with van der Waals surface area (Å²) in [4.78, 5) is 24.2. The van der Waals surface area contributed by atoms with E-state index >= 15 is 0 Å². The molecule has 156 valence electrons. The Morgan fingerprint density at radius 3 is 2.31 bits per heavy atom. The van der Waals surface area contributed by atoms with Crippen LogP contribution in [0.2, 0.25) is 0 Å².